The Morgan fingerprint density at radius 1 is 0.872 bits per heavy atom. The molecule has 0 unspecified atom stereocenters. The van der Waals surface area contributed by atoms with Crippen LogP contribution in [0, 0.1) is 5.92 Å². The first-order chi connectivity index (χ1) is 18.6. The molecule has 0 saturated carbocycles. The Bertz CT molecular complexity index is 1310. The highest BCUT2D eigenvalue weighted by Crippen LogP contribution is 2.29. The van der Waals surface area contributed by atoms with E-state index in [4.69, 9.17) is 11.6 Å². The molecular formula is C32H36ClN3O3. The van der Waals surface area contributed by atoms with Gasteiger partial charge in [-0.3, -0.25) is 14.4 Å². The largest absolute Gasteiger partial charge is 0.345 e. The molecule has 1 saturated heterocycles. The van der Waals surface area contributed by atoms with Crippen LogP contribution in [0.25, 0.3) is 11.1 Å². The van der Waals surface area contributed by atoms with Gasteiger partial charge in [-0.05, 0) is 77.8 Å². The molecule has 6 nitrogen and oxygen atoms in total. The molecule has 1 aliphatic heterocycles. The van der Waals surface area contributed by atoms with Gasteiger partial charge in [-0.25, -0.2) is 0 Å². The van der Waals surface area contributed by atoms with Crippen LogP contribution in [0.3, 0.4) is 0 Å². The summed E-state index contributed by atoms with van der Waals surface area (Å²) in [4.78, 5) is 42.4. The summed E-state index contributed by atoms with van der Waals surface area (Å²) in [6.45, 7) is 5.23. The second-order valence-electron chi connectivity index (χ2n) is 10.7. The highest BCUT2D eigenvalue weighted by atomic mass is 35.5. The Balaban J connectivity index is 1.41. The first kappa shape index (κ1) is 28.4. The lowest BCUT2D eigenvalue weighted by Crippen LogP contribution is -2.52. The number of rotatable bonds is 7. The van der Waals surface area contributed by atoms with Crippen LogP contribution >= 0.6 is 11.6 Å². The normalized spacial score (nSPS) is 14.7. The second-order valence-corrected chi connectivity index (χ2v) is 11.1. The summed E-state index contributed by atoms with van der Waals surface area (Å²) < 4.78 is 0. The van der Waals surface area contributed by atoms with Crippen molar-refractivity contribution in [2.24, 2.45) is 5.92 Å². The SMILES string of the molecule is CC(C)[C@@H](NC(=O)c1cccc(-c2ccc(C(=O)N(C)C)cc2)c1)C(=O)N1CCC(c2ccc(Cl)cc2)CC1. The Hall–Kier alpha value is -3.64. The van der Waals surface area contributed by atoms with Crippen molar-refractivity contribution in [2.75, 3.05) is 27.2 Å². The van der Waals surface area contributed by atoms with E-state index in [1.54, 1.807) is 32.3 Å². The minimum absolute atomic E-state index is 0.0368. The Kier molecular flexibility index (Phi) is 9.08. The zero-order valence-corrected chi connectivity index (χ0v) is 23.7. The average molecular weight is 546 g/mol. The molecule has 0 aromatic heterocycles. The highest BCUT2D eigenvalue weighted by Gasteiger charge is 2.32. The van der Waals surface area contributed by atoms with E-state index < -0.39 is 6.04 Å². The van der Waals surface area contributed by atoms with Gasteiger partial charge < -0.3 is 15.1 Å². The van der Waals surface area contributed by atoms with E-state index in [2.05, 4.69) is 17.4 Å². The zero-order valence-electron chi connectivity index (χ0n) is 23.0. The molecule has 3 aromatic rings. The summed E-state index contributed by atoms with van der Waals surface area (Å²) in [5.41, 5.74) is 4.11. The third-order valence-electron chi connectivity index (χ3n) is 7.36. The fraction of sp³-hybridized carbons (Fsp3) is 0.344. The van der Waals surface area contributed by atoms with Crippen molar-refractivity contribution >= 4 is 29.3 Å². The van der Waals surface area contributed by atoms with Gasteiger partial charge in [0.05, 0.1) is 0 Å². The molecule has 0 bridgehead atoms. The Labute approximate surface area is 236 Å². The van der Waals surface area contributed by atoms with Crippen molar-refractivity contribution in [3.63, 3.8) is 0 Å². The lowest BCUT2D eigenvalue weighted by Gasteiger charge is -2.35. The van der Waals surface area contributed by atoms with Crippen LogP contribution in [0.2, 0.25) is 5.02 Å². The number of hydrogen-bond acceptors (Lipinski definition) is 3. The predicted octanol–water partition coefficient (Wildman–Crippen LogP) is 5.87. The quantitative estimate of drug-likeness (QED) is 0.404. The van der Waals surface area contributed by atoms with Crippen LogP contribution in [-0.2, 0) is 4.79 Å². The smallest absolute Gasteiger partial charge is 0.253 e. The van der Waals surface area contributed by atoms with E-state index >= 15 is 0 Å². The van der Waals surface area contributed by atoms with Gasteiger partial charge in [-0.2, -0.15) is 0 Å². The average Bonchev–Trinajstić information content (AvgIpc) is 2.95. The van der Waals surface area contributed by atoms with Crippen LogP contribution in [0.5, 0.6) is 0 Å². The number of nitrogens with zero attached hydrogens (tertiary/aromatic N) is 2. The fourth-order valence-electron chi connectivity index (χ4n) is 5.01. The number of nitrogens with one attached hydrogen (secondary N) is 1. The Morgan fingerprint density at radius 3 is 2.10 bits per heavy atom. The molecular weight excluding hydrogens is 510 g/mol. The van der Waals surface area contributed by atoms with Gasteiger partial charge in [0, 0.05) is 43.3 Å². The van der Waals surface area contributed by atoms with E-state index in [9.17, 15) is 14.4 Å². The number of amides is 3. The van der Waals surface area contributed by atoms with Gasteiger partial charge >= 0.3 is 0 Å². The topological polar surface area (TPSA) is 69.7 Å². The minimum Gasteiger partial charge on any atom is -0.345 e. The molecule has 204 valence electrons. The van der Waals surface area contributed by atoms with Crippen LogP contribution in [0.4, 0.5) is 0 Å². The number of carbonyl (C=O) groups excluding carboxylic acids is 3. The summed E-state index contributed by atoms with van der Waals surface area (Å²) >= 11 is 6.03. The lowest BCUT2D eigenvalue weighted by atomic mass is 9.89. The standard InChI is InChI=1S/C32H36ClN3O3/c1-21(2)29(32(39)36-18-16-24(17-19-36)22-12-14-28(33)15-13-22)34-30(37)27-7-5-6-26(20-27)23-8-10-25(11-9-23)31(38)35(3)4/h5-15,20-21,24,29H,16-19H2,1-4H3,(H,34,37)/t29-/m1/s1. The number of carbonyl (C=O) groups is 3. The number of hydrogen-bond donors (Lipinski definition) is 1. The Morgan fingerprint density at radius 2 is 1.51 bits per heavy atom. The molecule has 0 radical (unpaired) electrons. The van der Waals surface area contributed by atoms with E-state index in [1.807, 2.05) is 61.2 Å². The summed E-state index contributed by atoms with van der Waals surface area (Å²) in [5.74, 6) is -0.0329. The van der Waals surface area contributed by atoms with Gasteiger partial charge in [-0.15, -0.1) is 0 Å². The van der Waals surface area contributed by atoms with E-state index in [1.165, 1.54) is 10.5 Å². The number of piperidine rings is 1. The minimum atomic E-state index is -0.607. The summed E-state index contributed by atoms with van der Waals surface area (Å²) in [5, 5.41) is 3.72. The molecule has 1 N–H and O–H groups in total. The molecule has 1 atom stereocenters. The van der Waals surface area contributed by atoms with Crippen molar-refractivity contribution in [1.29, 1.82) is 0 Å². The van der Waals surface area contributed by atoms with Crippen LogP contribution in [0.1, 0.15) is 58.9 Å². The van der Waals surface area contributed by atoms with Gasteiger partial charge in [0.15, 0.2) is 0 Å². The van der Waals surface area contributed by atoms with Crippen LogP contribution < -0.4 is 5.32 Å². The molecule has 0 spiro atoms. The summed E-state index contributed by atoms with van der Waals surface area (Å²) in [6.07, 6.45) is 1.76. The molecule has 7 heteroatoms. The van der Waals surface area contributed by atoms with Gasteiger partial charge in [0.25, 0.3) is 11.8 Å². The van der Waals surface area contributed by atoms with E-state index in [0.29, 0.717) is 30.1 Å². The number of benzene rings is 3. The molecule has 3 aromatic carbocycles. The van der Waals surface area contributed by atoms with Crippen molar-refractivity contribution in [3.8, 4) is 11.1 Å². The maximum Gasteiger partial charge on any atom is 0.253 e. The van der Waals surface area contributed by atoms with Crippen molar-refractivity contribution in [3.05, 3.63) is 94.5 Å². The predicted molar refractivity (Wildman–Crippen MR) is 156 cm³/mol. The summed E-state index contributed by atoms with van der Waals surface area (Å²) in [7, 11) is 3.44. The molecule has 1 heterocycles. The third-order valence-corrected chi connectivity index (χ3v) is 7.62. The number of likely N-dealkylation sites (tertiary alicyclic amines) is 1. The van der Waals surface area contributed by atoms with Crippen molar-refractivity contribution in [1.82, 2.24) is 15.1 Å². The van der Waals surface area contributed by atoms with E-state index in [-0.39, 0.29) is 23.6 Å². The molecule has 3 amide bonds. The first-order valence-corrected chi connectivity index (χ1v) is 13.8. The fourth-order valence-corrected chi connectivity index (χ4v) is 5.13. The van der Waals surface area contributed by atoms with Crippen molar-refractivity contribution in [2.45, 2.75) is 38.6 Å². The second kappa shape index (κ2) is 12.5. The molecule has 1 fully saturated rings. The van der Waals surface area contributed by atoms with E-state index in [0.717, 1.165) is 29.0 Å². The van der Waals surface area contributed by atoms with Gasteiger partial charge in [0.1, 0.15) is 6.04 Å². The maximum absolute atomic E-state index is 13.5. The molecule has 1 aliphatic rings. The molecule has 4 rings (SSSR count). The highest BCUT2D eigenvalue weighted by molar-refractivity contribution is 6.30. The monoisotopic (exact) mass is 545 g/mol. The number of halogens is 1. The maximum atomic E-state index is 13.5. The van der Waals surface area contributed by atoms with Gasteiger partial charge in [0.2, 0.25) is 5.91 Å². The lowest BCUT2D eigenvalue weighted by molar-refractivity contribution is -0.135. The zero-order chi connectivity index (χ0) is 28.1. The summed E-state index contributed by atoms with van der Waals surface area (Å²) in [6, 6.07) is 22.0. The molecule has 39 heavy (non-hydrogen) atoms. The van der Waals surface area contributed by atoms with Gasteiger partial charge in [-0.1, -0.05) is 61.8 Å². The van der Waals surface area contributed by atoms with Crippen molar-refractivity contribution < 1.29 is 14.4 Å². The van der Waals surface area contributed by atoms with Crippen LogP contribution in [-0.4, -0.2) is 60.7 Å². The van der Waals surface area contributed by atoms with Crippen LogP contribution in [0.15, 0.2) is 72.8 Å². The molecule has 0 aliphatic carbocycles. The first-order valence-electron chi connectivity index (χ1n) is 13.4. The third kappa shape index (κ3) is 6.87.